The third kappa shape index (κ3) is 5.03. The predicted molar refractivity (Wildman–Crippen MR) is 109 cm³/mol. The maximum absolute atomic E-state index is 12.0. The molecule has 0 unspecified atom stereocenters. The number of hydrogen-bond acceptors (Lipinski definition) is 4. The quantitative estimate of drug-likeness (QED) is 0.249. The van der Waals surface area contributed by atoms with Crippen LogP contribution in [0.4, 0.5) is 0 Å². The number of para-hydroxylation sites is 1. The lowest BCUT2D eigenvalue weighted by Crippen LogP contribution is -2.25. The number of hydrogen-bond donors (Lipinski definition) is 0. The van der Waals surface area contributed by atoms with E-state index in [4.69, 9.17) is 4.74 Å². The summed E-state index contributed by atoms with van der Waals surface area (Å²) in [5, 5.41) is 17.8. The minimum Gasteiger partial charge on any atom is -0.785 e. The van der Waals surface area contributed by atoms with Crippen LogP contribution in [0.2, 0.25) is 0 Å². The summed E-state index contributed by atoms with van der Waals surface area (Å²) in [4.78, 5) is 0. The zero-order valence-corrected chi connectivity index (χ0v) is 16.6. The molecule has 136 valence electrons. The molecule has 1 aromatic carbocycles. The first-order valence-corrected chi connectivity index (χ1v) is 10.5. The van der Waals surface area contributed by atoms with Crippen molar-refractivity contribution in [3.05, 3.63) is 53.0 Å². The van der Waals surface area contributed by atoms with Crippen LogP contribution in [0.5, 0.6) is 0 Å². The van der Waals surface area contributed by atoms with Crippen LogP contribution in [0, 0.1) is 5.21 Å². The molecule has 25 heavy (non-hydrogen) atoms. The molecule has 0 amide bonds. The number of halogens is 1. The highest BCUT2D eigenvalue weighted by Gasteiger charge is 2.24. The molecular weight excluding hydrogens is 429 g/mol. The molecule has 1 heterocycles. The van der Waals surface area contributed by atoms with Gasteiger partial charge in [0, 0.05) is 16.7 Å². The average Bonchev–Trinajstić information content (AvgIpc) is 3.09. The van der Waals surface area contributed by atoms with Gasteiger partial charge >= 0.3 is 0 Å². The number of hydroxylamine groups is 2. The largest absolute Gasteiger partial charge is 0.785 e. The Kier molecular flexibility index (Phi) is 7.27. The van der Waals surface area contributed by atoms with E-state index in [9.17, 15) is 5.21 Å². The summed E-state index contributed by atoms with van der Waals surface area (Å²) in [6.45, 7) is 2.27. The number of ether oxygens (including phenoxy) is 1. The van der Waals surface area contributed by atoms with Crippen LogP contribution < -0.4 is 0 Å². The van der Waals surface area contributed by atoms with Gasteiger partial charge < -0.3 is 15.0 Å². The van der Waals surface area contributed by atoms with E-state index in [1.807, 2.05) is 24.4 Å². The smallest absolute Gasteiger partial charge is 0.0648 e. The van der Waals surface area contributed by atoms with Gasteiger partial charge in [0.05, 0.1) is 25.1 Å². The molecule has 0 bridgehead atoms. The minimum atomic E-state index is 0.438. The molecule has 1 aromatic heterocycles. The molecule has 1 aliphatic rings. The van der Waals surface area contributed by atoms with Gasteiger partial charge in [-0.2, -0.15) is 5.10 Å². The van der Waals surface area contributed by atoms with Gasteiger partial charge in [-0.1, -0.05) is 40.8 Å². The van der Waals surface area contributed by atoms with Crippen molar-refractivity contribution in [1.29, 1.82) is 0 Å². The lowest BCUT2D eigenvalue weighted by molar-refractivity contribution is 0.130. The van der Waals surface area contributed by atoms with Gasteiger partial charge in [0.1, 0.15) is 0 Å². The maximum atomic E-state index is 12.0. The van der Waals surface area contributed by atoms with Crippen molar-refractivity contribution in [1.82, 2.24) is 14.8 Å². The van der Waals surface area contributed by atoms with E-state index in [-0.39, 0.29) is 0 Å². The van der Waals surface area contributed by atoms with Crippen LogP contribution in [0.25, 0.3) is 5.69 Å². The molecular formula is C19H25IN3O2-. The number of aromatic nitrogens is 2. The van der Waals surface area contributed by atoms with Crippen molar-refractivity contribution in [3.63, 3.8) is 0 Å². The minimum absolute atomic E-state index is 0.438. The number of alkyl halides is 1. The first-order chi connectivity index (χ1) is 12.3. The molecule has 0 saturated heterocycles. The van der Waals surface area contributed by atoms with Crippen molar-refractivity contribution in [2.45, 2.75) is 31.6 Å². The maximum Gasteiger partial charge on any atom is 0.0648 e. The fraction of sp³-hybridized carbons (Fsp3) is 0.526. The van der Waals surface area contributed by atoms with Crippen LogP contribution in [-0.4, -0.2) is 45.6 Å². The van der Waals surface area contributed by atoms with Crippen molar-refractivity contribution in [2.75, 3.05) is 30.7 Å². The molecule has 0 fully saturated rings. The summed E-state index contributed by atoms with van der Waals surface area (Å²) >= 11 is 2.27. The summed E-state index contributed by atoms with van der Waals surface area (Å²) in [5.41, 5.74) is 3.75. The van der Waals surface area contributed by atoms with E-state index in [1.54, 1.807) is 0 Å². The Morgan fingerprint density at radius 2 is 2.08 bits per heavy atom. The number of fused-ring (bicyclic) bond motifs is 1. The molecule has 0 aliphatic heterocycles. The Bertz CT molecular complexity index is 647. The fourth-order valence-corrected chi connectivity index (χ4v) is 3.79. The van der Waals surface area contributed by atoms with Crippen LogP contribution in [-0.2, 0) is 11.2 Å². The summed E-state index contributed by atoms with van der Waals surface area (Å²) in [6, 6.07) is 10.3. The normalized spacial score (nSPS) is 17.0. The fourth-order valence-electron chi connectivity index (χ4n) is 3.48. The van der Waals surface area contributed by atoms with Crippen molar-refractivity contribution in [2.24, 2.45) is 0 Å². The highest BCUT2D eigenvalue weighted by atomic mass is 127. The predicted octanol–water partition coefficient (Wildman–Crippen LogP) is 3.93. The number of benzene rings is 1. The van der Waals surface area contributed by atoms with Gasteiger partial charge in [-0.05, 0) is 55.8 Å². The third-order valence-corrected chi connectivity index (χ3v) is 5.18. The van der Waals surface area contributed by atoms with E-state index in [2.05, 4.69) is 44.5 Å². The van der Waals surface area contributed by atoms with Gasteiger partial charge in [-0.25, -0.2) is 4.68 Å². The first kappa shape index (κ1) is 18.8. The molecule has 1 atom stereocenters. The Hall–Kier alpha value is -0.960. The molecule has 6 heteroatoms. The molecule has 0 N–H and O–H groups in total. The summed E-state index contributed by atoms with van der Waals surface area (Å²) in [5.74, 6) is 0.438. The Morgan fingerprint density at radius 3 is 2.88 bits per heavy atom. The lowest BCUT2D eigenvalue weighted by Gasteiger charge is -2.31. The Balaban J connectivity index is 1.58. The molecule has 3 rings (SSSR count). The molecule has 0 radical (unpaired) electrons. The highest BCUT2D eigenvalue weighted by Crippen LogP contribution is 2.34. The SMILES string of the molecule is [O-]N(CCOCCI)CC[C@@H]1CCCc2c1cnn2-c1ccccc1. The number of nitrogens with zero attached hydrogens (tertiary/aromatic N) is 3. The standard InChI is InChI=1S/C19H25IN3O2/c20-10-13-25-14-12-22(24)11-9-16-5-4-8-19-18(16)15-21-23(19)17-6-2-1-3-7-17/h1-3,6-7,15-16H,4-5,8-14H2/q-1/t16-/m0/s1. The van der Waals surface area contributed by atoms with E-state index in [1.165, 1.54) is 11.3 Å². The Morgan fingerprint density at radius 1 is 1.24 bits per heavy atom. The average molecular weight is 454 g/mol. The monoisotopic (exact) mass is 454 g/mol. The van der Waals surface area contributed by atoms with Crippen molar-refractivity contribution < 1.29 is 4.74 Å². The molecule has 0 spiro atoms. The molecule has 1 aliphatic carbocycles. The van der Waals surface area contributed by atoms with E-state index < -0.39 is 0 Å². The second-order valence-corrected chi connectivity index (χ2v) is 7.48. The molecule has 0 saturated carbocycles. The second-order valence-electron chi connectivity index (χ2n) is 6.40. The zero-order chi connectivity index (χ0) is 17.5. The topological polar surface area (TPSA) is 53.4 Å². The van der Waals surface area contributed by atoms with Gasteiger partial charge in [-0.3, -0.25) is 0 Å². The van der Waals surface area contributed by atoms with E-state index >= 15 is 0 Å². The van der Waals surface area contributed by atoms with Crippen LogP contribution in [0.3, 0.4) is 0 Å². The van der Waals surface area contributed by atoms with Gasteiger partial charge in [-0.15, -0.1) is 0 Å². The van der Waals surface area contributed by atoms with Crippen LogP contribution in [0.15, 0.2) is 36.5 Å². The summed E-state index contributed by atoms with van der Waals surface area (Å²) < 4.78 is 8.42. The number of rotatable bonds is 9. The van der Waals surface area contributed by atoms with Crippen molar-refractivity contribution in [3.8, 4) is 5.69 Å². The molecule has 2 aromatic rings. The van der Waals surface area contributed by atoms with Gasteiger partial charge in [0.15, 0.2) is 0 Å². The summed E-state index contributed by atoms with van der Waals surface area (Å²) in [7, 11) is 0. The van der Waals surface area contributed by atoms with Gasteiger partial charge in [0.2, 0.25) is 0 Å². The third-order valence-electron chi connectivity index (χ3n) is 4.74. The highest BCUT2D eigenvalue weighted by molar-refractivity contribution is 14.1. The summed E-state index contributed by atoms with van der Waals surface area (Å²) in [6.07, 6.45) is 6.26. The van der Waals surface area contributed by atoms with E-state index in [0.29, 0.717) is 25.6 Å². The first-order valence-electron chi connectivity index (χ1n) is 8.97. The lowest BCUT2D eigenvalue weighted by atomic mass is 9.85. The van der Waals surface area contributed by atoms with Crippen LogP contribution >= 0.6 is 22.6 Å². The van der Waals surface area contributed by atoms with Gasteiger partial charge in [0.25, 0.3) is 0 Å². The van der Waals surface area contributed by atoms with E-state index in [0.717, 1.165) is 47.5 Å². The second kappa shape index (κ2) is 9.66. The van der Waals surface area contributed by atoms with Crippen molar-refractivity contribution >= 4 is 22.6 Å². The molecule has 5 nitrogen and oxygen atoms in total. The zero-order valence-electron chi connectivity index (χ0n) is 14.4. The van der Waals surface area contributed by atoms with Crippen LogP contribution in [0.1, 0.15) is 36.4 Å². The Labute approximate surface area is 163 Å².